The fraction of sp³-hybridized carbons (Fsp3) is 0.250. The summed E-state index contributed by atoms with van der Waals surface area (Å²) >= 11 is 2.21. The molecule has 2 rings (SSSR count). The molecule has 0 spiro atoms. The summed E-state index contributed by atoms with van der Waals surface area (Å²) in [5.41, 5.74) is 3.08. The van der Waals surface area contributed by atoms with E-state index in [1.807, 2.05) is 45.0 Å². The van der Waals surface area contributed by atoms with E-state index in [4.69, 9.17) is 4.74 Å². The minimum atomic E-state index is -0.219. The average molecular weight is 396 g/mol. The number of carbonyl (C=O) groups is 1. The number of nitrogens with one attached hydrogen (secondary N) is 1. The molecule has 0 saturated heterocycles. The van der Waals surface area contributed by atoms with Gasteiger partial charge in [0.2, 0.25) is 0 Å². The van der Waals surface area contributed by atoms with Crippen molar-refractivity contribution in [3.8, 4) is 5.75 Å². The normalized spacial score (nSPS) is 10.3. The molecule has 0 aliphatic carbocycles. The molecule has 0 saturated carbocycles. The van der Waals surface area contributed by atoms with Crippen molar-refractivity contribution in [2.24, 2.45) is 0 Å². The number of amides is 1. The number of nitrogens with zero attached hydrogens (tertiary/aromatic N) is 1. The molecule has 21 heavy (non-hydrogen) atoms. The van der Waals surface area contributed by atoms with Crippen LogP contribution in [0.1, 0.15) is 16.8 Å². The lowest BCUT2D eigenvalue weighted by Gasteiger charge is -2.10. The first kappa shape index (κ1) is 15.8. The summed E-state index contributed by atoms with van der Waals surface area (Å²) in [6, 6.07) is 9.57. The van der Waals surface area contributed by atoms with E-state index in [2.05, 4.69) is 32.9 Å². The topological polar surface area (TPSA) is 51.2 Å². The van der Waals surface area contributed by atoms with Crippen molar-refractivity contribution in [2.45, 2.75) is 20.8 Å². The van der Waals surface area contributed by atoms with Crippen molar-refractivity contribution in [1.29, 1.82) is 0 Å². The van der Waals surface area contributed by atoms with Gasteiger partial charge in [-0.3, -0.25) is 4.79 Å². The summed E-state index contributed by atoms with van der Waals surface area (Å²) in [6.07, 6.45) is 0. The van der Waals surface area contributed by atoms with E-state index in [0.717, 1.165) is 20.6 Å². The van der Waals surface area contributed by atoms with Gasteiger partial charge in [0.1, 0.15) is 11.6 Å². The number of hydrogen-bond donors (Lipinski definition) is 1. The number of pyridine rings is 1. The van der Waals surface area contributed by atoms with Gasteiger partial charge in [-0.15, -0.1) is 0 Å². The third-order valence-electron chi connectivity index (χ3n) is 2.98. The molecule has 0 atom stereocenters. The molecule has 110 valence electrons. The van der Waals surface area contributed by atoms with Crippen molar-refractivity contribution in [3.05, 3.63) is 50.7 Å². The maximum Gasteiger partial charge on any atom is 0.263 e. The smallest absolute Gasteiger partial charge is 0.263 e. The van der Waals surface area contributed by atoms with Crippen molar-refractivity contribution < 1.29 is 9.53 Å². The summed E-state index contributed by atoms with van der Waals surface area (Å²) in [6.45, 7) is 5.86. The third kappa shape index (κ3) is 4.42. The largest absolute Gasteiger partial charge is 0.483 e. The van der Waals surface area contributed by atoms with E-state index in [0.29, 0.717) is 5.82 Å². The molecule has 4 nitrogen and oxygen atoms in total. The van der Waals surface area contributed by atoms with E-state index in [9.17, 15) is 4.79 Å². The Morgan fingerprint density at radius 2 is 2.00 bits per heavy atom. The number of benzene rings is 1. The van der Waals surface area contributed by atoms with Gasteiger partial charge in [-0.25, -0.2) is 4.98 Å². The van der Waals surface area contributed by atoms with Gasteiger partial charge in [-0.1, -0.05) is 17.7 Å². The second kappa shape index (κ2) is 6.89. The Hall–Kier alpha value is -1.63. The Labute approximate surface area is 138 Å². The molecular weight excluding hydrogens is 379 g/mol. The zero-order chi connectivity index (χ0) is 15.4. The summed E-state index contributed by atoms with van der Waals surface area (Å²) in [5.74, 6) is 1.05. The predicted molar refractivity (Wildman–Crippen MR) is 91.7 cm³/mol. The number of ether oxygens (including phenoxy) is 1. The van der Waals surface area contributed by atoms with Crippen LogP contribution < -0.4 is 10.1 Å². The van der Waals surface area contributed by atoms with Crippen LogP contribution in [0, 0.1) is 24.3 Å². The highest BCUT2D eigenvalue weighted by Gasteiger charge is 2.07. The van der Waals surface area contributed by atoms with Gasteiger partial charge in [0, 0.05) is 3.57 Å². The second-order valence-electron chi connectivity index (χ2n) is 4.87. The fourth-order valence-electron chi connectivity index (χ4n) is 1.90. The Bertz CT molecular complexity index is 671. The molecule has 0 unspecified atom stereocenters. The van der Waals surface area contributed by atoms with Gasteiger partial charge >= 0.3 is 0 Å². The molecule has 1 amide bonds. The van der Waals surface area contributed by atoms with Crippen LogP contribution in [0.15, 0.2) is 30.3 Å². The Balaban J connectivity index is 1.94. The van der Waals surface area contributed by atoms with Gasteiger partial charge in [0.25, 0.3) is 5.91 Å². The number of aromatic nitrogens is 1. The van der Waals surface area contributed by atoms with Gasteiger partial charge in [0.15, 0.2) is 6.61 Å². The molecule has 0 radical (unpaired) electrons. The number of halogens is 1. The highest BCUT2D eigenvalue weighted by Crippen LogP contribution is 2.18. The number of aryl methyl sites for hydroxylation is 3. The maximum atomic E-state index is 11.9. The van der Waals surface area contributed by atoms with Crippen molar-refractivity contribution in [2.75, 3.05) is 11.9 Å². The molecule has 0 bridgehead atoms. The Morgan fingerprint density at radius 3 is 2.67 bits per heavy atom. The highest BCUT2D eigenvalue weighted by molar-refractivity contribution is 14.1. The van der Waals surface area contributed by atoms with E-state index < -0.39 is 0 Å². The zero-order valence-corrected chi connectivity index (χ0v) is 14.4. The summed E-state index contributed by atoms with van der Waals surface area (Å²) < 4.78 is 6.61. The lowest BCUT2D eigenvalue weighted by molar-refractivity contribution is -0.118. The Kier molecular flexibility index (Phi) is 5.17. The maximum absolute atomic E-state index is 11.9. The van der Waals surface area contributed by atoms with Gasteiger partial charge < -0.3 is 10.1 Å². The number of anilines is 1. The number of carbonyl (C=O) groups excluding carboxylic acids is 1. The molecule has 5 heteroatoms. The zero-order valence-electron chi connectivity index (χ0n) is 12.2. The first-order valence-corrected chi connectivity index (χ1v) is 7.66. The molecule has 0 aliphatic rings. The predicted octanol–water partition coefficient (Wildman–Crippen LogP) is 3.63. The minimum Gasteiger partial charge on any atom is -0.483 e. The average Bonchev–Trinajstić information content (AvgIpc) is 2.42. The number of rotatable bonds is 4. The summed E-state index contributed by atoms with van der Waals surface area (Å²) in [7, 11) is 0. The van der Waals surface area contributed by atoms with Crippen LogP contribution in [0.25, 0.3) is 0 Å². The SMILES string of the molecule is Cc1ccc(OCC(=O)Nc2ccc(I)c(C)n2)c(C)c1. The molecule has 1 aromatic carbocycles. The first-order chi connectivity index (χ1) is 9.95. The lowest BCUT2D eigenvalue weighted by atomic mass is 10.1. The van der Waals surface area contributed by atoms with E-state index >= 15 is 0 Å². The first-order valence-electron chi connectivity index (χ1n) is 6.59. The monoisotopic (exact) mass is 396 g/mol. The van der Waals surface area contributed by atoms with Gasteiger partial charge in [0.05, 0.1) is 5.69 Å². The second-order valence-corrected chi connectivity index (χ2v) is 6.03. The minimum absolute atomic E-state index is 0.0311. The third-order valence-corrected chi connectivity index (χ3v) is 4.12. The summed E-state index contributed by atoms with van der Waals surface area (Å²) in [4.78, 5) is 16.2. The highest BCUT2D eigenvalue weighted by atomic mass is 127. The van der Waals surface area contributed by atoms with Crippen molar-refractivity contribution in [3.63, 3.8) is 0 Å². The fourth-order valence-corrected chi connectivity index (χ4v) is 2.20. The van der Waals surface area contributed by atoms with Crippen molar-refractivity contribution >= 4 is 34.3 Å². The van der Waals surface area contributed by atoms with Gasteiger partial charge in [-0.2, -0.15) is 0 Å². The van der Waals surface area contributed by atoms with Crippen LogP contribution in [0.3, 0.4) is 0 Å². The van der Waals surface area contributed by atoms with E-state index in [1.54, 1.807) is 6.07 Å². The van der Waals surface area contributed by atoms with Crippen molar-refractivity contribution in [1.82, 2.24) is 4.98 Å². The molecule has 2 aromatic rings. The quantitative estimate of drug-likeness (QED) is 0.804. The van der Waals surface area contributed by atoms with Crippen LogP contribution in [0.4, 0.5) is 5.82 Å². The molecule has 1 N–H and O–H groups in total. The van der Waals surface area contributed by atoms with E-state index in [1.165, 1.54) is 5.56 Å². The summed E-state index contributed by atoms with van der Waals surface area (Å²) in [5, 5.41) is 2.73. The molecule has 1 aromatic heterocycles. The van der Waals surface area contributed by atoms with Crippen LogP contribution in [0.2, 0.25) is 0 Å². The van der Waals surface area contributed by atoms with Crippen LogP contribution in [-0.2, 0) is 4.79 Å². The lowest BCUT2D eigenvalue weighted by Crippen LogP contribution is -2.21. The molecule has 0 aliphatic heterocycles. The number of hydrogen-bond acceptors (Lipinski definition) is 3. The van der Waals surface area contributed by atoms with Crippen LogP contribution in [-0.4, -0.2) is 17.5 Å². The van der Waals surface area contributed by atoms with Crippen LogP contribution >= 0.6 is 22.6 Å². The Morgan fingerprint density at radius 1 is 1.24 bits per heavy atom. The molecule has 0 fully saturated rings. The van der Waals surface area contributed by atoms with Crippen LogP contribution in [0.5, 0.6) is 5.75 Å². The van der Waals surface area contributed by atoms with E-state index in [-0.39, 0.29) is 12.5 Å². The standard InChI is InChI=1S/C16H17IN2O2/c1-10-4-6-14(11(2)8-10)21-9-16(20)19-15-7-5-13(17)12(3)18-15/h4-8H,9H2,1-3H3,(H,18,19,20). The molecular formula is C16H17IN2O2. The molecule has 1 heterocycles. The van der Waals surface area contributed by atoms with Gasteiger partial charge in [-0.05, 0) is 67.1 Å².